The van der Waals surface area contributed by atoms with Crippen molar-refractivity contribution in [3.05, 3.63) is 0 Å². The zero-order valence-electron chi connectivity index (χ0n) is 7.34. The zero-order chi connectivity index (χ0) is 8.34. The Morgan fingerprint density at radius 2 is 2.25 bits per heavy atom. The molecule has 0 radical (unpaired) electrons. The van der Waals surface area contributed by atoms with Crippen LogP contribution in [0.5, 0.6) is 0 Å². The Morgan fingerprint density at radius 3 is 2.83 bits per heavy atom. The van der Waals surface area contributed by atoms with Gasteiger partial charge in [0.25, 0.3) is 0 Å². The third kappa shape index (κ3) is 0.724. The molecule has 0 unspecified atom stereocenters. The predicted molar refractivity (Wildman–Crippen MR) is 44.7 cm³/mol. The molecule has 3 saturated heterocycles. The van der Waals surface area contributed by atoms with E-state index < -0.39 is 0 Å². The van der Waals surface area contributed by atoms with Crippen molar-refractivity contribution in [1.82, 2.24) is 10.2 Å². The van der Waals surface area contributed by atoms with E-state index in [1.54, 1.807) is 0 Å². The Balaban J connectivity index is 1.84. The van der Waals surface area contributed by atoms with Crippen LogP contribution in [0.2, 0.25) is 0 Å². The lowest BCUT2D eigenvalue weighted by atomic mass is 9.78. The Hall–Kier alpha value is -0.570. The summed E-state index contributed by atoms with van der Waals surface area (Å²) < 4.78 is 0. The van der Waals surface area contributed by atoms with E-state index in [1.165, 1.54) is 12.8 Å². The normalized spacial score (nSPS) is 45.9. The molecule has 0 aromatic carbocycles. The van der Waals surface area contributed by atoms with Crippen molar-refractivity contribution in [3.63, 3.8) is 0 Å². The number of hydrogen-bond donors (Lipinski definition) is 1. The SMILES string of the molecule is C[C@]12C[C@H](CN(C3CC3)C1=O)N2. The van der Waals surface area contributed by atoms with Crippen LogP contribution in [0.15, 0.2) is 0 Å². The maximum Gasteiger partial charge on any atom is 0.242 e. The van der Waals surface area contributed by atoms with Crippen LogP contribution in [0.25, 0.3) is 0 Å². The molecule has 3 aliphatic heterocycles. The lowest BCUT2D eigenvalue weighted by Gasteiger charge is -2.54. The summed E-state index contributed by atoms with van der Waals surface area (Å²) in [5.74, 6) is 0.340. The fourth-order valence-electron chi connectivity index (χ4n) is 2.52. The molecule has 2 bridgehead atoms. The van der Waals surface area contributed by atoms with E-state index in [-0.39, 0.29) is 5.54 Å². The van der Waals surface area contributed by atoms with Gasteiger partial charge in [0.2, 0.25) is 5.91 Å². The first-order valence-corrected chi connectivity index (χ1v) is 4.78. The molecule has 1 amide bonds. The molecule has 0 aromatic rings. The van der Waals surface area contributed by atoms with Gasteiger partial charge >= 0.3 is 0 Å². The van der Waals surface area contributed by atoms with Crippen molar-refractivity contribution in [2.24, 2.45) is 0 Å². The van der Waals surface area contributed by atoms with Gasteiger partial charge in [-0.2, -0.15) is 0 Å². The predicted octanol–water partition coefficient (Wildman–Crippen LogP) is 0.112. The van der Waals surface area contributed by atoms with E-state index in [0.717, 1.165) is 13.0 Å². The highest BCUT2D eigenvalue weighted by atomic mass is 16.2. The molecular weight excluding hydrogens is 152 g/mol. The quantitative estimate of drug-likeness (QED) is 0.599. The number of nitrogens with one attached hydrogen (secondary N) is 1. The monoisotopic (exact) mass is 166 g/mol. The molecule has 4 aliphatic rings. The Morgan fingerprint density at radius 1 is 1.58 bits per heavy atom. The van der Waals surface area contributed by atoms with Crippen molar-refractivity contribution in [2.45, 2.75) is 43.8 Å². The molecule has 3 nitrogen and oxygen atoms in total. The van der Waals surface area contributed by atoms with E-state index >= 15 is 0 Å². The maximum atomic E-state index is 11.8. The number of fused-ring (bicyclic) bond motifs is 2. The summed E-state index contributed by atoms with van der Waals surface area (Å²) in [7, 11) is 0. The number of hydrogen-bond acceptors (Lipinski definition) is 2. The summed E-state index contributed by atoms with van der Waals surface area (Å²) in [6, 6.07) is 1.19. The van der Waals surface area contributed by atoms with Crippen molar-refractivity contribution < 1.29 is 4.79 Å². The van der Waals surface area contributed by atoms with Gasteiger partial charge in [-0.25, -0.2) is 0 Å². The standard InChI is InChI=1S/C9H14N2O/c1-9-4-6(10-9)5-11(8(9)12)7-2-3-7/h6-7,10H,2-5H2,1H3/t6-,9+/m1/s1. The molecule has 66 valence electrons. The molecule has 12 heavy (non-hydrogen) atoms. The summed E-state index contributed by atoms with van der Waals surface area (Å²) in [4.78, 5) is 13.9. The zero-order valence-corrected chi connectivity index (χ0v) is 7.34. The second kappa shape index (κ2) is 1.84. The van der Waals surface area contributed by atoms with E-state index in [4.69, 9.17) is 0 Å². The number of carbonyl (C=O) groups is 1. The summed E-state index contributed by atoms with van der Waals surface area (Å²) in [6.45, 7) is 2.99. The first-order chi connectivity index (χ1) is 5.69. The number of rotatable bonds is 1. The van der Waals surface area contributed by atoms with Crippen LogP contribution in [0.4, 0.5) is 0 Å². The average Bonchev–Trinajstić information content (AvgIpc) is 2.74. The van der Waals surface area contributed by atoms with Gasteiger partial charge in [-0.15, -0.1) is 0 Å². The summed E-state index contributed by atoms with van der Waals surface area (Å²) >= 11 is 0. The van der Waals surface area contributed by atoms with Gasteiger partial charge in [0.1, 0.15) is 0 Å². The van der Waals surface area contributed by atoms with Crippen LogP contribution in [-0.4, -0.2) is 35.0 Å². The molecular formula is C9H14N2O. The fourth-order valence-corrected chi connectivity index (χ4v) is 2.52. The minimum Gasteiger partial charge on any atom is -0.337 e. The second-order valence-corrected chi connectivity index (χ2v) is 4.57. The van der Waals surface area contributed by atoms with E-state index in [9.17, 15) is 4.79 Å². The molecule has 0 spiro atoms. The Bertz CT molecular complexity index is 241. The summed E-state index contributed by atoms with van der Waals surface area (Å²) in [5, 5.41) is 3.33. The minimum absolute atomic E-state index is 0.189. The first-order valence-electron chi connectivity index (χ1n) is 4.78. The van der Waals surface area contributed by atoms with Gasteiger partial charge < -0.3 is 4.90 Å². The molecule has 1 saturated carbocycles. The van der Waals surface area contributed by atoms with E-state index in [2.05, 4.69) is 10.2 Å². The molecule has 1 aliphatic carbocycles. The fraction of sp³-hybridized carbons (Fsp3) is 0.889. The van der Waals surface area contributed by atoms with Gasteiger partial charge in [0.15, 0.2) is 0 Å². The van der Waals surface area contributed by atoms with Crippen molar-refractivity contribution in [3.8, 4) is 0 Å². The second-order valence-electron chi connectivity index (χ2n) is 4.57. The smallest absolute Gasteiger partial charge is 0.242 e. The molecule has 4 fully saturated rings. The number of amides is 1. The highest BCUT2D eigenvalue weighted by Gasteiger charge is 2.55. The number of carbonyl (C=O) groups excluding carboxylic acids is 1. The van der Waals surface area contributed by atoms with Gasteiger partial charge in [0.05, 0.1) is 5.54 Å². The van der Waals surface area contributed by atoms with Crippen LogP contribution in [0, 0.1) is 0 Å². The van der Waals surface area contributed by atoms with Gasteiger partial charge in [-0.3, -0.25) is 10.1 Å². The summed E-state index contributed by atoms with van der Waals surface area (Å²) in [6.07, 6.45) is 3.51. The third-order valence-electron chi connectivity index (χ3n) is 3.31. The topological polar surface area (TPSA) is 32.3 Å². The number of nitrogens with zero attached hydrogens (tertiary/aromatic N) is 1. The van der Waals surface area contributed by atoms with Crippen molar-refractivity contribution in [2.75, 3.05) is 6.54 Å². The van der Waals surface area contributed by atoms with Crippen LogP contribution in [0.1, 0.15) is 26.2 Å². The molecule has 2 atom stereocenters. The van der Waals surface area contributed by atoms with Gasteiger partial charge in [-0.05, 0) is 26.2 Å². The molecule has 1 N–H and O–H groups in total. The highest BCUT2D eigenvalue weighted by Crippen LogP contribution is 2.38. The van der Waals surface area contributed by atoms with E-state index in [1.807, 2.05) is 6.92 Å². The lowest BCUT2D eigenvalue weighted by Crippen LogP contribution is -2.77. The van der Waals surface area contributed by atoms with Gasteiger partial charge in [0, 0.05) is 18.6 Å². The highest BCUT2D eigenvalue weighted by molar-refractivity contribution is 5.89. The van der Waals surface area contributed by atoms with Gasteiger partial charge in [-0.1, -0.05) is 0 Å². The largest absolute Gasteiger partial charge is 0.337 e. The number of piperidine rings is 1. The molecule has 0 aromatic heterocycles. The minimum atomic E-state index is -0.189. The van der Waals surface area contributed by atoms with Crippen LogP contribution in [0.3, 0.4) is 0 Å². The summed E-state index contributed by atoms with van der Waals surface area (Å²) in [5.41, 5.74) is -0.189. The van der Waals surface area contributed by atoms with E-state index in [0.29, 0.717) is 18.0 Å². The molecule has 3 heterocycles. The third-order valence-corrected chi connectivity index (χ3v) is 3.31. The van der Waals surface area contributed by atoms with Crippen LogP contribution >= 0.6 is 0 Å². The van der Waals surface area contributed by atoms with Crippen LogP contribution < -0.4 is 5.32 Å². The van der Waals surface area contributed by atoms with Crippen molar-refractivity contribution in [1.29, 1.82) is 0 Å². The molecule has 3 heteroatoms. The number of piperazine rings is 1. The lowest BCUT2D eigenvalue weighted by molar-refractivity contribution is -0.152. The maximum absolute atomic E-state index is 11.8. The average molecular weight is 166 g/mol. The van der Waals surface area contributed by atoms with Crippen LogP contribution in [-0.2, 0) is 4.79 Å². The molecule has 4 rings (SSSR count). The Labute approximate surface area is 72.1 Å². The Kier molecular flexibility index (Phi) is 1.06. The van der Waals surface area contributed by atoms with Crippen molar-refractivity contribution >= 4 is 5.91 Å². The first kappa shape index (κ1) is 6.89.